The van der Waals surface area contributed by atoms with Crippen molar-refractivity contribution in [3.05, 3.63) is 59.2 Å². The molecule has 0 bridgehead atoms. The highest BCUT2D eigenvalue weighted by Gasteiger charge is 2.16. The molecule has 0 spiro atoms. The monoisotopic (exact) mass is 314 g/mol. The van der Waals surface area contributed by atoms with E-state index in [1.54, 1.807) is 6.20 Å². The van der Waals surface area contributed by atoms with E-state index in [4.69, 9.17) is 4.74 Å². The molecule has 0 saturated carbocycles. The summed E-state index contributed by atoms with van der Waals surface area (Å²) in [5.41, 5.74) is 1.41. The molecule has 7 heteroatoms. The summed E-state index contributed by atoms with van der Waals surface area (Å²) in [4.78, 5) is 18.7. The normalized spacial score (nSPS) is 14.5. The van der Waals surface area contributed by atoms with Crippen molar-refractivity contribution in [3.8, 4) is 0 Å². The first kappa shape index (κ1) is 15.2. The van der Waals surface area contributed by atoms with Crippen LogP contribution in [0, 0.1) is 5.21 Å². The summed E-state index contributed by atoms with van der Waals surface area (Å²) < 4.78 is 6.01. The molecule has 1 aliphatic rings. The summed E-state index contributed by atoms with van der Waals surface area (Å²) in [6, 6.07) is 6.80. The van der Waals surface area contributed by atoms with Gasteiger partial charge in [0.2, 0.25) is 0 Å². The van der Waals surface area contributed by atoms with Crippen molar-refractivity contribution >= 4 is 11.7 Å². The fourth-order valence-corrected chi connectivity index (χ4v) is 2.47. The summed E-state index contributed by atoms with van der Waals surface area (Å²) >= 11 is 0. The van der Waals surface area contributed by atoms with Gasteiger partial charge in [-0.1, -0.05) is 6.07 Å². The van der Waals surface area contributed by atoms with Gasteiger partial charge < -0.3 is 20.2 Å². The van der Waals surface area contributed by atoms with Crippen LogP contribution in [-0.4, -0.2) is 37.2 Å². The Morgan fingerprint density at radius 3 is 2.78 bits per heavy atom. The molecular formula is C16H18N4O3. The zero-order valence-corrected chi connectivity index (χ0v) is 12.6. The number of nitrogens with zero attached hydrogens (tertiary/aromatic N) is 3. The number of anilines is 1. The molecule has 1 N–H and O–H groups in total. The highest BCUT2D eigenvalue weighted by molar-refractivity contribution is 5.93. The lowest BCUT2D eigenvalue weighted by molar-refractivity contribution is -0.605. The average Bonchev–Trinajstić information content (AvgIpc) is 2.61. The SMILES string of the molecule is O=C(NCc1cccnc1N1CCOCC1)c1cc[n+]([O-])cc1. The van der Waals surface area contributed by atoms with Gasteiger partial charge in [-0.3, -0.25) is 4.79 Å². The van der Waals surface area contributed by atoms with Gasteiger partial charge in [0.25, 0.3) is 5.91 Å². The summed E-state index contributed by atoms with van der Waals surface area (Å²) in [5.74, 6) is 0.656. The number of morpholine rings is 1. The number of carbonyl (C=O) groups is 1. The Labute approximate surface area is 134 Å². The summed E-state index contributed by atoms with van der Waals surface area (Å²) in [6.45, 7) is 3.33. The van der Waals surface area contributed by atoms with E-state index < -0.39 is 0 Å². The number of pyridine rings is 2. The maximum atomic E-state index is 12.1. The fourth-order valence-electron chi connectivity index (χ4n) is 2.47. The van der Waals surface area contributed by atoms with Gasteiger partial charge in [-0.25, -0.2) is 4.98 Å². The first-order chi connectivity index (χ1) is 11.2. The maximum Gasteiger partial charge on any atom is 0.252 e. The third-order valence-corrected chi connectivity index (χ3v) is 3.68. The van der Waals surface area contributed by atoms with E-state index >= 15 is 0 Å². The van der Waals surface area contributed by atoms with Crippen LogP contribution in [0.25, 0.3) is 0 Å². The molecule has 1 saturated heterocycles. The molecule has 7 nitrogen and oxygen atoms in total. The molecule has 3 rings (SSSR count). The van der Waals surface area contributed by atoms with E-state index in [0.717, 1.165) is 24.5 Å². The number of amides is 1. The molecule has 1 amide bonds. The molecular weight excluding hydrogens is 296 g/mol. The number of ether oxygens (including phenoxy) is 1. The van der Waals surface area contributed by atoms with Crippen LogP contribution in [0.15, 0.2) is 42.9 Å². The standard InChI is InChI=1S/C16H18N4O3/c21-16(13-3-6-20(22)7-4-13)18-12-14-2-1-5-17-15(14)19-8-10-23-11-9-19/h1-7H,8-12H2,(H,18,21). The predicted molar refractivity (Wildman–Crippen MR) is 83.8 cm³/mol. The molecule has 2 aromatic heterocycles. The molecule has 23 heavy (non-hydrogen) atoms. The van der Waals surface area contributed by atoms with E-state index in [1.165, 1.54) is 24.5 Å². The quantitative estimate of drug-likeness (QED) is 0.656. The Morgan fingerprint density at radius 2 is 2.04 bits per heavy atom. The van der Waals surface area contributed by atoms with Crippen LogP contribution >= 0.6 is 0 Å². The van der Waals surface area contributed by atoms with Crippen molar-refractivity contribution in [2.45, 2.75) is 6.54 Å². The fraction of sp³-hybridized carbons (Fsp3) is 0.312. The number of nitrogens with one attached hydrogen (secondary N) is 1. The molecule has 2 aromatic rings. The van der Waals surface area contributed by atoms with Crippen molar-refractivity contribution < 1.29 is 14.3 Å². The molecule has 0 atom stereocenters. The maximum absolute atomic E-state index is 12.1. The van der Waals surface area contributed by atoms with Crippen molar-refractivity contribution in [1.82, 2.24) is 10.3 Å². The van der Waals surface area contributed by atoms with Crippen molar-refractivity contribution in [1.29, 1.82) is 0 Å². The van der Waals surface area contributed by atoms with Gasteiger partial charge in [0.05, 0.1) is 18.8 Å². The summed E-state index contributed by atoms with van der Waals surface area (Å²) in [7, 11) is 0. The lowest BCUT2D eigenvalue weighted by atomic mass is 10.2. The molecule has 0 aliphatic carbocycles. The van der Waals surface area contributed by atoms with E-state index in [9.17, 15) is 10.0 Å². The topological polar surface area (TPSA) is 81.4 Å². The van der Waals surface area contributed by atoms with Gasteiger partial charge in [0.1, 0.15) is 5.82 Å². The minimum absolute atomic E-state index is 0.220. The Hall–Kier alpha value is -2.67. The highest BCUT2D eigenvalue weighted by atomic mass is 16.5. The molecule has 3 heterocycles. The molecule has 1 aliphatic heterocycles. The summed E-state index contributed by atoms with van der Waals surface area (Å²) in [6.07, 6.45) is 4.36. The number of carbonyl (C=O) groups excluding carboxylic acids is 1. The minimum Gasteiger partial charge on any atom is -0.619 e. The second-order valence-electron chi connectivity index (χ2n) is 5.21. The van der Waals surface area contributed by atoms with Gasteiger partial charge in [0.15, 0.2) is 12.4 Å². The zero-order chi connectivity index (χ0) is 16.1. The number of aromatic nitrogens is 2. The Balaban J connectivity index is 1.68. The second kappa shape index (κ2) is 7.06. The van der Waals surface area contributed by atoms with E-state index in [2.05, 4.69) is 15.2 Å². The second-order valence-corrected chi connectivity index (χ2v) is 5.21. The number of rotatable bonds is 4. The van der Waals surface area contributed by atoms with Gasteiger partial charge in [0, 0.05) is 43.5 Å². The first-order valence-electron chi connectivity index (χ1n) is 7.47. The number of hydrogen-bond acceptors (Lipinski definition) is 5. The van der Waals surface area contributed by atoms with Crippen LogP contribution in [0.3, 0.4) is 0 Å². The first-order valence-corrected chi connectivity index (χ1v) is 7.47. The largest absolute Gasteiger partial charge is 0.619 e. The van der Waals surface area contributed by atoms with Crippen LogP contribution in [-0.2, 0) is 11.3 Å². The van der Waals surface area contributed by atoms with Crippen LogP contribution in [0.5, 0.6) is 0 Å². The van der Waals surface area contributed by atoms with Gasteiger partial charge in [-0.2, -0.15) is 4.73 Å². The highest BCUT2D eigenvalue weighted by Crippen LogP contribution is 2.18. The van der Waals surface area contributed by atoms with Gasteiger partial charge in [-0.15, -0.1) is 0 Å². The van der Waals surface area contributed by atoms with E-state index in [1.807, 2.05) is 12.1 Å². The zero-order valence-electron chi connectivity index (χ0n) is 12.6. The van der Waals surface area contributed by atoms with Gasteiger partial charge >= 0.3 is 0 Å². The van der Waals surface area contributed by atoms with E-state index in [0.29, 0.717) is 30.1 Å². The van der Waals surface area contributed by atoms with Crippen molar-refractivity contribution in [3.63, 3.8) is 0 Å². The molecule has 0 radical (unpaired) electrons. The lowest BCUT2D eigenvalue weighted by Crippen LogP contribution is -2.37. The third kappa shape index (κ3) is 3.75. The third-order valence-electron chi connectivity index (χ3n) is 3.68. The molecule has 0 unspecified atom stereocenters. The van der Waals surface area contributed by atoms with Crippen molar-refractivity contribution in [2.75, 3.05) is 31.2 Å². The predicted octanol–water partition coefficient (Wildman–Crippen LogP) is 0.482. The Morgan fingerprint density at radius 1 is 1.30 bits per heavy atom. The summed E-state index contributed by atoms with van der Waals surface area (Å²) in [5, 5.41) is 13.9. The smallest absolute Gasteiger partial charge is 0.252 e. The minimum atomic E-state index is -0.220. The van der Waals surface area contributed by atoms with Crippen LogP contribution in [0.2, 0.25) is 0 Å². The molecule has 120 valence electrons. The number of hydrogen-bond donors (Lipinski definition) is 1. The van der Waals surface area contributed by atoms with Crippen molar-refractivity contribution in [2.24, 2.45) is 0 Å². The molecule has 1 fully saturated rings. The van der Waals surface area contributed by atoms with E-state index in [-0.39, 0.29) is 5.91 Å². The Bertz CT molecular complexity index is 669. The molecule has 0 aromatic carbocycles. The van der Waals surface area contributed by atoms with Crippen LogP contribution < -0.4 is 14.9 Å². The lowest BCUT2D eigenvalue weighted by Gasteiger charge is -2.29. The van der Waals surface area contributed by atoms with Crippen LogP contribution in [0.1, 0.15) is 15.9 Å². The van der Waals surface area contributed by atoms with Crippen LogP contribution in [0.4, 0.5) is 5.82 Å². The average molecular weight is 314 g/mol. The Kier molecular flexibility index (Phi) is 4.68. The van der Waals surface area contributed by atoms with Gasteiger partial charge in [-0.05, 0) is 6.07 Å².